The third-order valence-corrected chi connectivity index (χ3v) is 6.37. The van der Waals surface area contributed by atoms with Crippen LogP contribution in [-0.4, -0.2) is 37.6 Å². The first-order valence-corrected chi connectivity index (χ1v) is 10.7. The normalized spacial score (nSPS) is 11.6. The molecule has 0 spiro atoms. The van der Waals surface area contributed by atoms with Crippen LogP contribution in [0.4, 0.5) is 0 Å². The Kier molecular flexibility index (Phi) is 7.95. The van der Waals surface area contributed by atoms with Crippen molar-refractivity contribution in [2.75, 3.05) is 13.1 Å². The predicted octanol–water partition coefficient (Wildman–Crippen LogP) is 2.84. The van der Waals surface area contributed by atoms with Crippen molar-refractivity contribution in [2.24, 2.45) is 0 Å². The summed E-state index contributed by atoms with van der Waals surface area (Å²) >= 11 is 5.76. The molecule has 0 saturated carbocycles. The molecule has 2 amide bonds. The number of nitrogens with one attached hydrogen (secondary N) is 2. The largest absolute Gasteiger partial charge is 0.269 e. The molecule has 29 heavy (non-hydrogen) atoms. The second kappa shape index (κ2) is 10.2. The molecule has 0 saturated heterocycles. The van der Waals surface area contributed by atoms with Crippen LogP contribution in [0.25, 0.3) is 6.08 Å². The van der Waals surface area contributed by atoms with Crippen molar-refractivity contribution >= 4 is 39.5 Å². The zero-order chi connectivity index (χ0) is 21.4. The Balaban J connectivity index is 1.94. The lowest BCUT2D eigenvalue weighted by atomic mass is 10.2. The van der Waals surface area contributed by atoms with E-state index < -0.39 is 21.8 Å². The molecule has 0 aliphatic rings. The van der Waals surface area contributed by atoms with Crippen LogP contribution in [0, 0.1) is 0 Å². The van der Waals surface area contributed by atoms with Crippen LogP contribution >= 0.6 is 11.6 Å². The molecule has 9 heteroatoms. The van der Waals surface area contributed by atoms with Crippen molar-refractivity contribution in [3.8, 4) is 0 Å². The molecule has 7 nitrogen and oxygen atoms in total. The number of carbonyl (C=O) groups excluding carboxylic acids is 2. The highest BCUT2D eigenvalue weighted by Crippen LogP contribution is 2.16. The first kappa shape index (κ1) is 22.6. The Morgan fingerprint density at radius 2 is 1.55 bits per heavy atom. The Labute approximate surface area is 175 Å². The van der Waals surface area contributed by atoms with Crippen LogP contribution < -0.4 is 10.9 Å². The van der Waals surface area contributed by atoms with Crippen LogP contribution in [-0.2, 0) is 14.8 Å². The summed E-state index contributed by atoms with van der Waals surface area (Å²) in [5, 5.41) is 0.504. The number of hydrogen-bond donors (Lipinski definition) is 2. The Morgan fingerprint density at radius 1 is 0.966 bits per heavy atom. The highest BCUT2D eigenvalue weighted by molar-refractivity contribution is 7.89. The van der Waals surface area contributed by atoms with Crippen LogP contribution in [0.2, 0.25) is 5.02 Å². The molecule has 0 atom stereocenters. The molecule has 2 N–H and O–H groups in total. The molecular formula is C20H22ClN3O4S. The molecule has 2 rings (SSSR count). The smallest absolute Gasteiger partial charge is 0.268 e. The van der Waals surface area contributed by atoms with E-state index in [-0.39, 0.29) is 4.90 Å². The van der Waals surface area contributed by atoms with Crippen LogP contribution in [0.15, 0.2) is 59.5 Å². The van der Waals surface area contributed by atoms with Gasteiger partial charge >= 0.3 is 0 Å². The number of amides is 2. The average molecular weight is 436 g/mol. The van der Waals surface area contributed by atoms with E-state index >= 15 is 0 Å². The number of carbonyl (C=O) groups is 2. The van der Waals surface area contributed by atoms with Crippen molar-refractivity contribution < 1.29 is 18.0 Å². The summed E-state index contributed by atoms with van der Waals surface area (Å²) in [6.07, 6.45) is 2.74. The summed E-state index contributed by atoms with van der Waals surface area (Å²) in [5.74, 6) is -1.01. The minimum absolute atomic E-state index is 0.193. The second-order valence-corrected chi connectivity index (χ2v) is 8.32. The quantitative estimate of drug-likeness (QED) is 0.516. The van der Waals surface area contributed by atoms with Crippen LogP contribution in [0.1, 0.15) is 29.8 Å². The van der Waals surface area contributed by atoms with E-state index in [1.54, 1.807) is 38.1 Å². The minimum atomic E-state index is -3.52. The lowest BCUT2D eigenvalue weighted by Gasteiger charge is -2.18. The lowest BCUT2D eigenvalue weighted by molar-refractivity contribution is -0.117. The molecule has 2 aromatic rings. The molecule has 0 bridgehead atoms. The molecule has 0 unspecified atom stereocenters. The maximum absolute atomic E-state index is 12.5. The van der Waals surface area contributed by atoms with Gasteiger partial charge in [-0.25, -0.2) is 8.42 Å². The topological polar surface area (TPSA) is 95.6 Å². The number of nitrogens with zero attached hydrogens (tertiary/aromatic N) is 1. The maximum atomic E-state index is 12.5. The Morgan fingerprint density at radius 3 is 2.10 bits per heavy atom. The van der Waals surface area contributed by atoms with E-state index in [1.807, 2.05) is 0 Å². The standard InChI is InChI=1S/C20H22ClN3O4S/c1-3-24(4-2)29(27,28)18-12-5-15(6-13-18)7-14-19(25)22-23-20(26)16-8-10-17(21)11-9-16/h5-14H,3-4H2,1-2H3,(H,22,25)(H,23,26)/b14-7+. The van der Waals surface area contributed by atoms with Gasteiger partial charge in [0.1, 0.15) is 0 Å². The first-order valence-electron chi connectivity index (χ1n) is 8.92. The van der Waals surface area contributed by atoms with E-state index in [1.165, 1.54) is 40.7 Å². The molecule has 0 aliphatic heterocycles. The van der Waals surface area contributed by atoms with Gasteiger partial charge in [-0.3, -0.25) is 20.4 Å². The van der Waals surface area contributed by atoms with Gasteiger partial charge < -0.3 is 0 Å². The lowest BCUT2D eigenvalue weighted by Crippen LogP contribution is -2.40. The van der Waals surface area contributed by atoms with Gasteiger partial charge in [0.05, 0.1) is 4.90 Å². The number of hydrogen-bond acceptors (Lipinski definition) is 4. The third kappa shape index (κ3) is 6.15. The van der Waals surface area contributed by atoms with Crippen molar-refractivity contribution in [1.29, 1.82) is 0 Å². The van der Waals surface area contributed by atoms with Crippen molar-refractivity contribution in [2.45, 2.75) is 18.7 Å². The van der Waals surface area contributed by atoms with E-state index in [2.05, 4.69) is 10.9 Å². The second-order valence-electron chi connectivity index (χ2n) is 5.94. The van der Waals surface area contributed by atoms with Gasteiger partial charge in [-0.2, -0.15) is 4.31 Å². The molecule has 2 aromatic carbocycles. The number of benzene rings is 2. The van der Waals surface area contributed by atoms with Crippen molar-refractivity contribution in [3.05, 3.63) is 70.8 Å². The molecule has 0 heterocycles. The van der Waals surface area contributed by atoms with E-state index in [0.717, 1.165) is 0 Å². The van der Waals surface area contributed by atoms with Gasteiger partial charge in [-0.1, -0.05) is 37.6 Å². The number of halogens is 1. The number of rotatable bonds is 7. The molecule has 0 fully saturated rings. The zero-order valence-corrected chi connectivity index (χ0v) is 17.6. The highest BCUT2D eigenvalue weighted by Gasteiger charge is 2.20. The highest BCUT2D eigenvalue weighted by atomic mass is 35.5. The number of sulfonamides is 1. The fourth-order valence-corrected chi connectivity index (χ4v) is 4.05. The van der Waals surface area contributed by atoms with E-state index in [0.29, 0.717) is 29.2 Å². The molecule has 154 valence electrons. The van der Waals surface area contributed by atoms with Crippen molar-refractivity contribution in [1.82, 2.24) is 15.2 Å². The average Bonchev–Trinajstić information content (AvgIpc) is 2.72. The SMILES string of the molecule is CCN(CC)S(=O)(=O)c1ccc(/C=C/C(=O)NNC(=O)c2ccc(Cl)cc2)cc1. The third-order valence-electron chi connectivity index (χ3n) is 4.06. The van der Waals surface area contributed by atoms with Gasteiger partial charge in [0.2, 0.25) is 10.0 Å². The Hall–Kier alpha value is -2.68. The fourth-order valence-electron chi connectivity index (χ4n) is 2.47. The summed E-state index contributed by atoms with van der Waals surface area (Å²) in [4.78, 5) is 24.0. The van der Waals surface area contributed by atoms with Gasteiger partial charge in [0.25, 0.3) is 11.8 Å². The first-order chi connectivity index (χ1) is 13.8. The van der Waals surface area contributed by atoms with Gasteiger partial charge in [-0.05, 0) is 48.0 Å². The molecule has 0 aromatic heterocycles. The summed E-state index contributed by atoms with van der Waals surface area (Å²) in [6, 6.07) is 12.4. The Bertz CT molecular complexity index is 983. The van der Waals surface area contributed by atoms with E-state index in [4.69, 9.17) is 11.6 Å². The molecule has 0 radical (unpaired) electrons. The number of hydrazine groups is 1. The van der Waals surface area contributed by atoms with Crippen LogP contribution in [0.5, 0.6) is 0 Å². The summed E-state index contributed by atoms with van der Waals surface area (Å²) in [7, 11) is -3.52. The van der Waals surface area contributed by atoms with Gasteiger partial charge in [0.15, 0.2) is 0 Å². The molecular weight excluding hydrogens is 414 g/mol. The zero-order valence-electron chi connectivity index (χ0n) is 16.1. The predicted molar refractivity (Wildman–Crippen MR) is 113 cm³/mol. The summed E-state index contributed by atoms with van der Waals surface area (Å²) in [6.45, 7) is 4.34. The van der Waals surface area contributed by atoms with Crippen LogP contribution in [0.3, 0.4) is 0 Å². The summed E-state index contributed by atoms with van der Waals surface area (Å²) < 4.78 is 26.3. The summed E-state index contributed by atoms with van der Waals surface area (Å²) in [5.41, 5.74) is 5.55. The van der Waals surface area contributed by atoms with Gasteiger partial charge in [0, 0.05) is 29.8 Å². The fraction of sp³-hybridized carbons (Fsp3) is 0.200. The van der Waals surface area contributed by atoms with Crippen molar-refractivity contribution in [3.63, 3.8) is 0 Å². The van der Waals surface area contributed by atoms with E-state index in [9.17, 15) is 18.0 Å². The monoisotopic (exact) mass is 435 g/mol. The minimum Gasteiger partial charge on any atom is -0.268 e. The molecule has 0 aliphatic carbocycles. The maximum Gasteiger partial charge on any atom is 0.269 e. The van der Waals surface area contributed by atoms with Gasteiger partial charge in [-0.15, -0.1) is 0 Å².